The minimum Gasteiger partial charge on any atom is -0.380 e. The van der Waals surface area contributed by atoms with Crippen LogP contribution in [0.4, 0.5) is 0 Å². The Kier molecular flexibility index (Phi) is 3.27. The fourth-order valence-electron chi connectivity index (χ4n) is 3.98. The molecule has 1 fully saturated rings. The van der Waals surface area contributed by atoms with Gasteiger partial charge in [-0.1, -0.05) is 30.3 Å². The van der Waals surface area contributed by atoms with Gasteiger partial charge in [0.25, 0.3) is 11.8 Å². The Morgan fingerprint density at radius 3 is 2.15 bits per heavy atom. The number of amides is 2. The standard InChI is InChI=1S/C21H18N2O3/c24-19-16-6-2-3-7-17(16)20(25)23(19)12-21(13-26-14-21)11-22-10-9-15-5-1-4-8-18(15)22/h1-10H,11-14H2. The summed E-state index contributed by atoms with van der Waals surface area (Å²) in [5.41, 5.74) is 1.91. The molecule has 5 heteroatoms. The Bertz CT molecular complexity index is 997. The van der Waals surface area contributed by atoms with Gasteiger partial charge in [-0.05, 0) is 29.7 Å². The van der Waals surface area contributed by atoms with Crippen molar-refractivity contribution in [2.75, 3.05) is 19.8 Å². The second-order valence-corrected chi connectivity index (χ2v) is 7.24. The Labute approximate surface area is 150 Å². The number of hydrogen-bond donors (Lipinski definition) is 0. The molecule has 5 nitrogen and oxygen atoms in total. The van der Waals surface area contributed by atoms with Crippen molar-refractivity contribution in [2.24, 2.45) is 5.41 Å². The number of nitrogens with zero attached hydrogens (tertiary/aromatic N) is 2. The number of para-hydroxylation sites is 1. The highest BCUT2D eigenvalue weighted by atomic mass is 16.5. The van der Waals surface area contributed by atoms with E-state index in [1.165, 1.54) is 10.3 Å². The van der Waals surface area contributed by atoms with Crippen molar-refractivity contribution in [1.82, 2.24) is 9.47 Å². The summed E-state index contributed by atoms with van der Waals surface area (Å²) >= 11 is 0. The summed E-state index contributed by atoms with van der Waals surface area (Å²) in [6, 6.07) is 17.3. The van der Waals surface area contributed by atoms with E-state index in [1.54, 1.807) is 24.3 Å². The molecule has 3 heterocycles. The fourth-order valence-corrected chi connectivity index (χ4v) is 3.98. The van der Waals surface area contributed by atoms with Crippen molar-refractivity contribution in [3.05, 3.63) is 71.9 Å². The quantitative estimate of drug-likeness (QED) is 0.683. The van der Waals surface area contributed by atoms with Crippen molar-refractivity contribution in [2.45, 2.75) is 6.54 Å². The molecule has 0 spiro atoms. The van der Waals surface area contributed by atoms with E-state index < -0.39 is 0 Å². The smallest absolute Gasteiger partial charge is 0.261 e. The van der Waals surface area contributed by atoms with Crippen LogP contribution in [0, 0.1) is 5.41 Å². The zero-order valence-electron chi connectivity index (χ0n) is 14.2. The Balaban J connectivity index is 1.44. The average molecular weight is 346 g/mol. The summed E-state index contributed by atoms with van der Waals surface area (Å²) in [6.45, 7) is 2.19. The van der Waals surface area contributed by atoms with E-state index in [9.17, 15) is 9.59 Å². The van der Waals surface area contributed by atoms with Gasteiger partial charge in [0.1, 0.15) is 0 Å². The topological polar surface area (TPSA) is 51.5 Å². The van der Waals surface area contributed by atoms with Gasteiger partial charge in [-0.2, -0.15) is 0 Å². The van der Waals surface area contributed by atoms with Crippen LogP contribution in [0.25, 0.3) is 10.9 Å². The van der Waals surface area contributed by atoms with Crippen molar-refractivity contribution in [3.63, 3.8) is 0 Å². The lowest BCUT2D eigenvalue weighted by molar-refractivity contribution is -0.127. The zero-order valence-corrected chi connectivity index (χ0v) is 14.2. The number of rotatable bonds is 4. The van der Waals surface area contributed by atoms with Crippen LogP contribution >= 0.6 is 0 Å². The van der Waals surface area contributed by atoms with Crippen LogP contribution in [-0.4, -0.2) is 41.0 Å². The van der Waals surface area contributed by atoms with E-state index in [2.05, 4.69) is 29.0 Å². The molecule has 0 unspecified atom stereocenters. The minimum atomic E-state index is -0.241. The Morgan fingerprint density at radius 1 is 0.846 bits per heavy atom. The Hall–Kier alpha value is -2.92. The second-order valence-electron chi connectivity index (χ2n) is 7.24. The number of imide groups is 1. The molecule has 0 saturated carbocycles. The maximum Gasteiger partial charge on any atom is 0.261 e. The highest BCUT2D eigenvalue weighted by molar-refractivity contribution is 6.21. The van der Waals surface area contributed by atoms with E-state index in [4.69, 9.17) is 4.74 Å². The van der Waals surface area contributed by atoms with Crippen molar-refractivity contribution < 1.29 is 14.3 Å². The minimum absolute atomic E-state index is 0.200. The van der Waals surface area contributed by atoms with Crippen LogP contribution in [0.3, 0.4) is 0 Å². The van der Waals surface area contributed by atoms with Gasteiger partial charge in [-0.3, -0.25) is 14.5 Å². The number of benzene rings is 2. The fraction of sp³-hybridized carbons (Fsp3) is 0.238. The van der Waals surface area contributed by atoms with Gasteiger partial charge in [0, 0.05) is 24.8 Å². The maximum atomic E-state index is 12.7. The summed E-state index contributed by atoms with van der Waals surface area (Å²) in [5, 5.41) is 1.18. The zero-order chi connectivity index (χ0) is 17.7. The summed E-state index contributed by atoms with van der Waals surface area (Å²) in [4.78, 5) is 26.8. The summed E-state index contributed by atoms with van der Waals surface area (Å²) in [6.07, 6.45) is 2.06. The largest absolute Gasteiger partial charge is 0.380 e. The van der Waals surface area contributed by atoms with Gasteiger partial charge in [0.05, 0.1) is 29.8 Å². The normalized spacial score (nSPS) is 18.2. The van der Waals surface area contributed by atoms with Crippen LogP contribution < -0.4 is 0 Å². The number of carbonyl (C=O) groups excluding carboxylic acids is 2. The molecule has 1 aromatic heterocycles. The molecule has 2 aliphatic heterocycles. The first kappa shape index (κ1) is 15.3. The van der Waals surface area contributed by atoms with Gasteiger partial charge in [-0.15, -0.1) is 0 Å². The lowest BCUT2D eigenvalue weighted by Gasteiger charge is -2.43. The van der Waals surface area contributed by atoms with Gasteiger partial charge in [-0.25, -0.2) is 0 Å². The summed E-state index contributed by atoms with van der Waals surface area (Å²) in [7, 11) is 0. The first-order chi connectivity index (χ1) is 12.7. The molecule has 0 aliphatic carbocycles. The molecule has 2 aliphatic rings. The number of fused-ring (bicyclic) bond motifs is 2. The number of carbonyl (C=O) groups is 2. The maximum absolute atomic E-state index is 12.7. The summed E-state index contributed by atoms with van der Waals surface area (Å²) < 4.78 is 7.68. The third kappa shape index (κ3) is 2.21. The van der Waals surface area contributed by atoms with Gasteiger partial charge in [0.2, 0.25) is 0 Å². The molecule has 0 N–H and O–H groups in total. The van der Waals surface area contributed by atoms with Crippen LogP contribution in [0.15, 0.2) is 60.8 Å². The number of ether oxygens (including phenoxy) is 1. The first-order valence-corrected chi connectivity index (χ1v) is 8.74. The SMILES string of the molecule is O=C1c2ccccc2C(=O)N1CC1(Cn2ccc3ccccc32)COC1. The lowest BCUT2D eigenvalue weighted by atomic mass is 9.85. The highest BCUT2D eigenvalue weighted by Crippen LogP contribution is 2.35. The monoisotopic (exact) mass is 346 g/mol. The van der Waals surface area contributed by atoms with Crippen molar-refractivity contribution in [3.8, 4) is 0 Å². The van der Waals surface area contributed by atoms with Crippen LogP contribution in [0.1, 0.15) is 20.7 Å². The molecule has 130 valence electrons. The van der Waals surface area contributed by atoms with Crippen LogP contribution in [-0.2, 0) is 11.3 Å². The average Bonchev–Trinajstić information content (AvgIpc) is 3.15. The predicted molar refractivity (Wildman–Crippen MR) is 97.0 cm³/mol. The summed E-state index contributed by atoms with van der Waals surface area (Å²) in [5.74, 6) is -0.400. The van der Waals surface area contributed by atoms with E-state index >= 15 is 0 Å². The van der Waals surface area contributed by atoms with Crippen molar-refractivity contribution >= 4 is 22.7 Å². The van der Waals surface area contributed by atoms with E-state index in [1.807, 2.05) is 12.1 Å². The molecule has 2 aromatic carbocycles. The van der Waals surface area contributed by atoms with Gasteiger partial charge < -0.3 is 9.30 Å². The highest BCUT2D eigenvalue weighted by Gasteiger charge is 2.46. The third-order valence-corrected chi connectivity index (χ3v) is 5.37. The molecule has 5 rings (SSSR count). The van der Waals surface area contributed by atoms with Crippen LogP contribution in [0.5, 0.6) is 0 Å². The molecule has 0 atom stereocenters. The lowest BCUT2D eigenvalue weighted by Crippen LogP contribution is -2.54. The Morgan fingerprint density at radius 2 is 1.50 bits per heavy atom. The predicted octanol–water partition coefficient (Wildman–Crippen LogP) is 2.95. The van der Waals surface area contributed by atoms with Gasteiger partial charge >= 0.3 is 0 Å². The van der Waals surface area contributed by atoms with Crippen LogP contribution in [0.2, 0.25) is 0 Å². The van der Waals surface area contributed by atoms with E-state index in [0.29, 0.717) is 37.4 Å². The van der Waals surface area contributed by atoms with Crippen molar-refractivity contribution in [1.29, 1.82) is 0 Å². The molecule has 1 saturated heterocycles. The molecular formula is C21H18N2O3. The number of aromatic nitrogens is 1. The molecule has 26 heavy (non-hydrogen) atoms. The molecule has 3 aromatic rings. The third-order valence-electron chi connectivity index (χ3n) is 5.37. The van der Waals surface area contributed by atoms with E-state index in [-0.39, 0.29) is 17.2 Å². The molecule has 0 radical (unpaired) electrons. The second kappa shape index (κ2) is 5.54. The molecule has 0 bridgehead atoms. The molecular weight excluding hydrogens is 328 g/mol. The van der Waals surface area contributed by atoms with E-state index in [0.717, 1.165) is 5.52 Å². The number of hydrogen-bond acceptors (Lipinski definition) is 3. The van der Waals surface area contributed by atoms with Gasteiger partial charge in [0.15, 0.2) is 0 Å². The molecule has 2 amide bonds. The first-order valence-electron chi connectivity index (χ1n) is 8.74.